The van der Waals surface area contributed by atoms with Gasteiger partial charge in [0.25, 0.3) is 0 Å². The van der Waals surface area contributed by atoms with Crippen molar-refractivity contribution in [2.75, 3.05) is 5.32 Å². The second kappa shape index (κ2) is 9.56. The third-order valence-corrected chi connectivity index (χ3v) is 5.72. The molecule has 3 aromatic rings. The third kappa shape index (κ3) is 4.76. The summed E-state index contributed by atoms with van der Waals surface area (Å²) < 4.78 is 3.81. The fourth-order valence-corrected chi connectivity index (χ4v) is 3.71. The first-order valence-electron chi connectivity index (χ1n) is 9.65. The fourth-order valence-electron chi connectivity index (χ4n) is 2.85. The minimum absolute atomic E-state index is 0.102. The van der Waals surface area contributed by atoms with Crippen LogP contribution in [-0.2, 0) is 11.3 Å². The molecule has 7 nitrogen and oxygen atoms in total. The van der Waals surface area contributed by atoms with E-state index in [9.17, 15) is 4.79 Å². The van der Waals surface area contributed by atoms with Crippen molar-refractivity contribution in [3.8, 4) is 11.4 Å². The molecule has 3 rings (SSSR count). The molecule has 1 amide bonds. The molecule has 0 saturated heterocycles. The number of nitrogens with one attached hydrogen (secondary N) is 1. The number of anilines is 1. The van der Waals surface area contributed by atoms with Gasteiger partial charge in [-0.2, -0.15) is 5.10 Å². The van der Waals surface area contributed by atoms with Crippen molar-refractivity contribution in [1.82, 2.24) is 24.5 Å². The molecule has 0 aliphatic carbocycles. The number of hydrogen-bond donors (Lipinski definition) is 1. The molecule has 2 heterocycles. The Morgan fingerprint density at radius 3 is 2.69 bits per heavy atom. The maximum atomic E-state index is 12.8. The molecule has 0 fully saturated rings. The Labute approximate surface area is 175 Å². The molecule has 0 aliphatic rings. The molecule has 8 heteroatoms. The molecule has 0 bridgehead atoms. The molecule has 29 heavy (non-hydrogen) atoms. The maximum absolute atomic E-state index is 12.8. The van der Waals surface area contributed by atoms with Gasteiger partial charge in [0.15, 0.2) is 11.0 Å². The lowest BCUT2D eigenvalue weighted by atomic mass is 10.2. The van der Waals surface area contributed by atoms with E-state index in [2.05, 4.69) is 41.0 Å². The second-order valence-corrected chi connectivity index (χ2v) is 8.05. The molecule has 1 N–H and O–H groups in total. The summed E-state index contributed by atoms with van der Waals surface area (Å²) >= 11 is 1.38. The van der Waals surface area contributed by atoms with Crippen molar-refractivity contribution in [1.29, 1.82) is 0 Å². The third-order valence-electron chi connectivity index (χ3n) is 4.64. The van der Waals surface area contributed by atoms with Gasteiger partial charge in [0.2, 0.25) is 5.91 Å². The average Bonchev–Trinajstić information content (AvgIpc) is 3.35. The van der Waals surface area contributed by atoms with Gasteiger partial charge in [0, 0.05) is 18.2 Å². The van der Waals surface area contributed by atoms with Crippen LogP contribution in [0.4, 0.5) is 5.82 Å². The summed E-state index contributed by atoms with van der Waals surface area (Å²) in [6.07, 6.45) is 4.43. The molecule has 0 aliphatic heterocycles. The monoisotopic (exact) mass is 410 g/mol. The first-order chi connectivity index (χ1) is 14.0. The van der Waals surface area contributed by atoms with Crippen molar-refractivity contribution in [3.63, 3.8) is 0 Å². The number of allylic oxidation sites excluding steroid dienone is 1. The molecule has 0 saturated carbocycles. The lowest BCUT2D eigenvalue weighted by Gasteiger charge is -2.16. The number of carbonyl (C=O) groups is 1. The maximum Gasteiger partial charge on any atom is 0.238 e. The van der Waals surface area contributed by atoms with Gasteiger partial charge in [0.05, 0.1) is 17.5 Å². The number of rotatable bonds is 9. The van der Waals surface area contributed by atoms with E-state index < -0.39 is 0 Å². The van der Waals surface area contributed by atoms with E-state index in [1.165, 1.54) is 11.8 Å². The number of benzene rings is 1. The highest BCUT2D eigenvalue weighted by Crippen LogP contribution is 2.27. The van der Waals surface area contributed by atoms with Gasteiger partial charge >= 0.3 is 0 Å². The summed E-state index contributed by atoms with van der Waals surface area (Å²) in [7, 11) is 0. The number of carbonyl (C=O) groups excluding carboxylic acids is 1. The fraction of sp³-hybridized carbons (Fsp3) is 0.333. The molecule has 152 valence electrons. The van der Waals surface area contributed by atoms with Gasteiger partial charge in [-0.3, -0.25) is 9.36 Å². The Kier molecular flexibility index (Phi) is 6.87. The van der Waals surface area contributed by atoms with E-state index in [-0.39, 0.29) is 17.2 Å². The van der Waals surface area contributed by atoms with E-state index in [1.807, 2.05) is 52.6 Å². The first kappa shape index (κ1) is 20.9. The highest BCUT2D eigenvalue weighted by molar-refractivity contribution is 8.00. The molecule has 1 aromatic carbocycles. The van der Waals surface area contributed by atoms with Gasteiger partial charge in [-0.15, -0.1) is 16.8 Å². The van der Waals surface area contributed by atoms with E-state index >= 15 is 0 Å². The van der Waals surface area contributed by atoms with Crippen LogP contribution in [0.25, 0.3) is 11.4 Å². The van der Waals surface area contributed by atoms with Crippen molar-refractivity contribution in [2.45, 2.75) is 50.2 Å². The zero-order valence-corrected chi connectivity index (χ0v) is 17.8. The number of amides is 1. The molecule has 0 radical (unpaired) electrons. The van der Waals surface area contributed by atoms with Crippen molar-refractivity contribution in [2.24, 2.45) is 0 Å². The molecule has 0 spiro atoms. The van der Waals surface area contributed by atoms with Crippen molar-refractivity contribution < 1.29 is 4.79 Å². The van der Waals surface area contributed by atoms with Crippen molar-refractivity contribution >= 4 is 23.5 Å². The number of hydrogen-bond acceptors (Lipinski definition) is 5. The normalized spacial score (nSPS) is 13.1. The van der Waals surface area contributed by atoms with E-state index in [0.29, 0.717) is 17.5 Å². The Morgan fingerprint density at radius 2 is 2.00 bits per heavy atom. The van der Waals surface area contributed by atoms with Crippen molar-refractivity contribution in [3.05, 3.63) is 55.3 Å². The lowest BCUT2D eigenvalue weighted by molar-refractivity contribution is -0.115. The SMILES string of the molecule is C=CCn1c(S[C@H](C)C(=O)Nc2ccnn2[C@H](C)CC)nnc1-c1ccccc1. The summed E-state index contributed by atoms with van der Waals surface area (Å²) in [4.78, 5) is 12.8. The molecular weight excluding hydrogens is 384 g/mol. The van der Waals surface area contributed by atoms with E-state index in [1.54, 1.807) is 12.3 Å². The van der Waals surface area contributed by atoms with Crippen LogP contribution in [-0.4, -0.2) is 35.7 Å². The molecular formula is C21H26N6OS. The van der Waals surface area contributed by atoms with Gasteiger partial charge in [-0.1, -0.05) is 55.1 Å². The van der Waals surface area contributed by atoms with Crippen LogP contribution in [0.15, 0.2) is 60.4 Å². The van der Waals surface area contributed by atoms with Crippen LogP contribution in [0, 0.1) is 0 Å². The summed E-state index contributed by atoms with van der Waals surface area (Å²) in [5.41, 5.74) is 0.975. The van der Waals surface area contributed by atoms with Crippen LogP contribution >= 0.6 is 11.8 Å². The van der Waals surface area contributed by atoms with Crippen LogP contribution in [0.5, 0.6) is 0 Å². The number of nitrogens with zero attached hydrogens (tertiary/aromatic N) is 5. The van der Waals surface area contributed by atoms with Crippen LogP contribution in [0.2, 0.25) is 0 Å². The second-order valence-electron chi connectivity index (χ2n) is 6.74. The lowest BCUT2D eigenvalue weighted by Crippen LogP contribution is -2.25. The quantitative estimate of drug-likeness (QED) is 0.417. The minimum Gasteiger partial charge on any atom is -0.310 e. The average molecular weight is 411 g/mol. The van der Waals surface area contributed by atoms with Crippen LogP contribution < -0.4 is 5.32 Å². The van der Waals surface area contributed by atoms with Gasteiger partial charge in [-0.05, 0) is 20.3 Å². The Morgan fingerprint density at radius 1 is 1.24 bits per heavy atom. The first-order valence-corrected chi connectivity index (χ1v) is 10.5. The molecule has 0 unspecified atom stereocenters. The number of aromatic nitrogens is 5. The zero-order valence-electron chi connectivity index (χ0n) is 16.9. The predicted octanol–water partition coefficient (Wildman–Crippen LogP) is 4.42. The van der Waals surface area contributed by atoms with E-state index in [4.69, 9.17) is 0 Å². The zero-order chi connectivity index (χ0) is 20.8. The summed E-state index contributed by atoms with van der Waals surface area (Å²) in [6, 6.07) is 11.9. The minimum atomic E-state index is -0.355. The van der Waals surface area contributed by atoms with Gasteiger partial charge in [-0.25, -0.2) is 4.68 Å². The summed E-state index contributed by atoms with van der Waals surface area (Å²) in [5.74, 6) is 1.36. The standard InChI is InChI=1S/C21H26N6OS/c1-5-14-26-19(17-10-8-7-9-11-17)24-25-21(26)29-16(4)20(28)23-18-12-13-22-27(18)15(3)6-2/h5,7-13,15-16H,1,6,14H2,2-4H3,(H,23,28)/t15-,16-/m1/s1. The Balaban J connectivity index is 1.76. The molecule has 2 aromatic heterocycles. The van der Waals surface area contributed by atoms with E-state index in [0.717, 1.165) is 17.8 Å². The number of thioether (sulfide) groups is 1. The smallest absolute Gasteiger partial charge is 0.238 e. The van der Waals surface area contributed by atoms with Gasteiger partial charge in [0.1, 0.15) is 5.82 Å². The predicted molar refractivity (Wildman–Crippen MR) is 117 cm³/mol. The van der Waals surface area contributed by atoms with Gasteiger partial charge < -0.3 is 5.32 Å². The Hall–Kier alpha value is -2.87. The highest BCUT2D eigenvalue weighted by Gasteiger charge is 2.22. The highest BCUT2D eigenvalue weighted by atomic mass is 32.2. The van der Waals surface area contributed by atoms with Crippen LogP contribution in [0.1, 0.15) is 33.2 Å². The topological polar surface area (TPSA) is 77.6 Å². The summed E-state index contributed by atoms with van der Waals surface area (Å²) in [6.45, 7) is 10.4. The molecule has 2 atom stereocenters. The summed E-state index contributed by atoms with van der Waals surface area (Å²) in [5, 5.41) is 16.3. The Bertz CT molecular complexity index is 965. The largest absolute Gasteiger partial charge is 0.310 e. The van der Waals surface area contributed by atoms with Crippen LogP contribution in [0.3, 0.4) is 0 Å².